The molecular formula is C27H44O. The Bertz CT molecular complexity index is 635. The van der Waals surface area contributed by atoms with Gasteiger partial charge in [0.1, 0.15) is 0 Å². The number of aliphatic hydroxyl groups is 1. The largest absolute Gasteiger partial charge is 0.393 e. The smallest absolute Gasteiger partial charge is 0.0583 e. The highest BCUT2D eigenvalue weighted by Crippen LogP contribution is 2.58. The molecule has 0 aromatic heterocycles. The van der Waals surface area contributed by atoms with Crippen LogP contribution in [0.5, 0.6) is 0 Å². The number of aliphatic hydroxyl groups excluding tert-OH is 1. The summed E-state index contributed by atoms with van der Waals surface area (Å²) in [6.07, 6.45) is 18.4. The van der Waals surface area contributed by atoms with Gasteiger partial charge in [0, 0.05) is 0 Å². The average molecular weight is 385 g/mol. The van der Waals surface area contributed by atoms with Gasteiger partial charge in [-0.1, -0.05) is 70.3 Å². The van der Waals surface area contributed by atoms with Crippen LogP contribution in [0.3, 0.4) is 0 Å². The summed E-state index contributed by atoms with van der Waals surface area (Å²) in [5.41, 5.74) is 6.71. The standard InChI is InChI=1S/C27H44O/c1-19(2)8-6-9-21(4)25-15-16-26-22(10-7-17-27(25,26)5)12-13-23-18-24(28)14-11-20(23)3/h12-13,19,21,24-25,28H,6-11,14-18H2,1-5H3/t21?,24?,25?,27-/m1/s1. The molecule has 3 aliphatic rings. The highest BCUT2D eigenvalue weighted by Gasteiger charge is 2.46. The van der Waals surface area contributed by atoms with Crippen LogP contribution in [-0.2, 0) is 0 Å². The molecule has 3 rings (SSSR count). The lowest BCUT2D eigenvalue weighted by atomic mass is 9.64. The molecule has 0 amide bonds. The van der Waals surface area contributed by atoms with Crippen LogP contribution in [0.4, 0.5) is 0 Å². The zero-order valence-corrected chi connectivity index (χ0v) is 19.2. The minimum absolute atomic E-state index is 0.139. The maximum atomic E-state index is 10.0. The van der Waals surface area contributed by atoms with Gasteiger partial charge in [-0.25, -0.2) is 0 Å². The van der Waals surface area contributed by atoms with Gasteiger partial charge in [-0.3, -0.25) is 0 Å². The molecule has 1 saturated carbocycles. The Balaban J connectivity index is 1.74. The van der Waals surface area contributed by atoms with E-state index in [1.54, 1.807) is 11.1 Å². The zero-order chi connectivity index (χ0) is 20.3. The normalized spacial score (nSPS) is 32.5. The molecule has 3 aliphatic carbocycles. The lowest BCUT2D eigenvalue weighted by Crippen LogP contribution is -2.31. The van der Waals surface area contributed by atoms with Gasteiger partial charge in [0.05, 0.1) is 6.10 Å². The van der Waals surface area contributed by atoms with E-state index in [0.29, 0.717) is 5.41 Å². The molecule has 28 heavy (non-hydrogen) atoms. The first-order valence-corrected chi connectivity index (χ1v) is 12.1. The molecule has 1 nitrogen and oxygen atoms in total. The Kier molecular flexibility index (Phi) is 7.29. The summed E-state index contributed by atoms with van der Waals surface area (Å²) in [7, 11) is 0. The second-order valence-electron chi connectivity index (χ2n) is 10.8. The van der Waals surface area contributed by atoms with E-state index in [-0.39, 0.29) is 6.10 Å². The van der Waals surface area contributed by atoms with Crippen molar-refractivity contribution in [2.45, 2.75) is 111 Å². The van der Waals surface area contributed by atoms with E-state index in [0.717, 1.165) is 37.0 Å². The van der Waals surface area contributed by atoms with Crippen LogP contribution in [0.1, 0.15) is 105 Å². The summed E-state index contributed by atoms with van der Waals surface area (Å²) in [5.74, 6) is 2.56. The van der Waals surface area contributed by atoms with E-state index in [1.807, 2.05) is 0 Å². The van der Waals surface area contributed by atoms with Crippen LogP contribution in [0.2, 0.25) is 0 Å². The van der Waals surface area contributed by atoms with E-state index in [4.69, 9.17) is 0 Å². The summed E-state index contributed by atoms with van der Waals surface area (Å²) in [4.78, 5) is 0. The third kappa shape index (κ3) is 4.84. The first kappa shape index (κ1) is 21.9. The van der Waals surface area contributed by atoms with Gasteiger partial charge in [0.2, 0.25) is 0 Å². The number of hydrogen-bond donors (Lipinski definition) is 1. The van der Waals surface area contributed by atoms with Crippen LogP contribution in [0.25, 0.3) is 0 Å². The Morgan fingerprint density at radius 3 is 2.54 bits per heavy atom. The Hall–Kier alpha value is -0.820. The molecule has 1 fully saturated rings. The predicted molar refractivity (Wildman–Crippen MR) is 121 cm³/mol. The second kappa shape index (κ2) is 9.33. The van der Waals surface area contributed by atoms with Crippen molar-refractivity contribution in [1.82, 2.24) is 0 Å². The molecule has 0 radical (unpaired) electrons. The van der Waals surface area contributed by atoms with E-state index in [2.05, 4.69) is 46.8 Å². The van der Waals surface area contributed by atoms with E-state index in [9.17, 15) is 5.11 Å². The van der Waals surface area contributed by atoms with Crippen molar-refractivity contribution in [3.63, 3.8) is 0 Å². The summed E-state index contributed by atoms with van der Waals surface area (Å²) >= 11 is 0. The third-order valence-corrected chi connectivity index (χ3v) is 8.21. The van der Waals surface area contributed by atoms with Gasteiger partial charge in [0.15, 0.2) is 0 Å². The third-order valence-electron chi connectivity index (χ3n) is 8.21. The summed E-state index contributed by atoms with van der Waals surface area (Å²) < 4.78 is 0. The van der Waals surface area contributed by atoms with Crippen molar-refractivity contribution in [2.75, 3.05) is 0 Å². The second-order valence-corrected chi connectivity index (χ2v) is 10.8. The molecule has 0 heterocycles. The molecule has 0 bridgehead atoms. The molecule has 0 aromatic carbocycles. The van der Waals surface area contributed by atoms with Gasteiger partial charge in [-0.15, -0.1) is 0 Å². The van der Waals surface area contributed by atoms with Crippen molar-refractivity contribution < 1.29 is 5.11 Å². The molecule has 1 heteroatoms. The maximum absolute atomic E-state index is 10.0. The van der Waals surface area contributed by atoms with Crippen molar-refractivity contribution in [1.29, 1.82) is 0 Å². The van der Waals surface area contributed by atoms with Gasteiger partial charge in [-0.05, 0) is 92.6 Å². The molecule has 0 aliphatic heterocycles. The molecule has 4 atom stereocenters. The maximum Gasteiger partial charge on any atom is 0.0583 e. The molecule has 0 saturated heterocycles. The molecule has 1 N–H and O–H groups in total. The predicted octanol–water partition coefficient (Wildman–Crippen LogP) is 7.76. The van der Waals surface area contributed by atoms with Crippen LogP contribution < -0.4 is 0 Å². The lowest BCUT2D eigenvalue weighted by molar-refractivity contribution is 0.159. The monoisotopic (exact) mass is 384 g/mol. The number of fused-ring (bicyclic) bond motifs is 1. The SMILES string of the molecule is CC1=C(C=CC2=C3CCC(C(C)CCCC(C)C)[C@@]3(C)CCC2)CC(O)CC1. The minimum atomic E-state index is -0.139. The van der Waals surface area contributed by atoms with E-state index < -0.39 is 0 Å². The summed E-state index contributed by atoms with van der Waals surface area (Å²) in [6.45, 7) is 12.1. The quantitative estimate of drug-likeness (QED) is 0.475. The molecule has 3 unspecified atom stereocenters. The van der Waals surface area contributed by atoms with E-state index in [1.165, 1.54) is 62.5 Å². The molecular weight excluding hydrogens is 340 g/mol. The lowest BCUT2D eigenvalue weighted by Gasteiger charge is -2.40. The van der Waals surface area contributed by atoms with Gasteiger partial charge < -0.3 is 5.11 Å². The van der Waals surface area contributed by atoms with Crippen LogP contribution in [0, 0.1) is 23.2 Å². The molecule has 0 spiro atoms. The number of rotatable bonds is 7. The topological polar surface area (TPSA) is 20.2 Å². The first-order chi connectivity index (χ1) is 13.3. The van der Waals surface area contributed by atoms with Gasteiger partial charge in [-0.2, -0.15) is 0 Å². The summed E-state index contributed by atoms with van der Waals surface area (Å²) in [6, 6.07) is 0. The fraction of sp³-hybridized carbons (Fsp3) is 0.778. The van der Waals surface area contributed by atoms with Crippen molar-refractivity contribution >= 4 is 0 Å². The Morgan fingerprint density at radius 2 is 1.79 bits per heavy atom. The zero-order valence-electron chi connectivity index (χ0n) is 19.2. The first-order valence-electron chi connectivity index (χ1n) is 12.1. The highest BCUT2D eigenvalue weighted by molar-refractivity contribution is 5.40. The van der Waals surface area contributed by atoms with Crippen LogP contribution in [-0.4, -0.2) is 11.2 Å². The average Bonchev–Trinajstić information content (AvgIpc) is 2.99. The molecule has 158 valence electrons. The number of allylic oxidation sites excluding steroid dienone is 5. The van der Waals surface area contributed by atoms with Crippen LogP contribution >= 0.6 is 0 Å². The number of hydrogen-bond acceptors (Lipinski definition) is 1. The fourth-order valence-corrected chi connectivity index (χ4v) is 6.42. The van der Waals surface area contributed by atoms with Crippen molar-refractivity contribution in [3.05, 3.63) is 34.4 Å². The van der Waals surface area contributed by atoms with Gasteiger partial charge in [0.25, 0.3) is 0 Å². The fourth-order valence-electron chi connectivity index (χ4n) is 6.42. The van der Waals surface area contributed by atoms with Crippen molar-refractivity contribution in [2.24, 2.45) is 23.2 Å². The Labute approximate surface area is 174 Å². The summed E-state index contributed by atoms with van der Waals surface area (Å²) in [5, 5.41) is 10.0. The van der Waals surface area contributed by atoms with E-state index >= 15 is 0 Å². The minimum Gasteiger partial charge on any atom is -0.393 e. The molecule has 0 aromatic rings. The van der Waals surface area contributed by atoms with Gasteiger partial charge >= 0.3 is 0 Å². The Morgan fingerprint density at radius 1 is 1.04 bits per heavy atom. The highest BCUT2D eigenvalue weighted by atomic mass is 16.3. The van der Waals surface area contributed by atoms with Crippen LogP contribution in [0.15, 0.2) is 34.4 Å². The van der Waals surface area contributed by atoms with Crippen molar-refractivity contribution in [3.8, 4) is 0 Å².